The minimum absolute atomic E-state index is 0.00652. The highest BCUT2D eigenvalue weighted by atomic mass is 16.6. The summed E-state index contributed by atoms with van der Waals surface area (Å²) in [6, 6.07) is 0. The molecule has 0 saturated heterocycles. The highest BCUT2D eigenvalue weighted by molar-refractivity contribution is 5.81. The number of hydrogen-bond donors (Lipinski definition) is 0. The summed E-state index contributed by atoms with van der Waals surface area (Å²) in [5.41, 5.74) is 0.920. The van der Waals surface area contributed by atoms with E-state index in [-0.39, 0.29) is 41.4 Å². The van der Waals surface area contributed by atoms with E-state index >= 15 is 4.79 Å². The second-order valence-corrected chi connectivity index (χ2v) is 32.5. The predicted molar refractivity (Wildman–Crippen MR) is 338 cm³/mol. The summed E-state index contributed by atoms with van der Waals surface area (Å²) in [7, 11) is 0. The number of allylic oxidation sites excluding steroid dienone is 1. The Bertz CT molecular complexity index is 1900. The largest absolute Gasteiger partial charge is 0.462 e. The number of carbonyl (C=O) groups excluding carboxylic acids is 2. The zero-order chi connectivity index (χ0) is 57.1. The summed E-state index contributed by atoms with van der Waals surface area (Å²) in [5, 5.41) is 0. The molecule has 0 N–H and O–H groups in total. The molecule has 8 aliphatic rings. The number of unbranched alkanes of at least 4 members (excludes halogenated alkanes) is 14. The lowest BCUT2D eigenvalue weighted by atomic mass is 9.44. The zero-order valence-electron chi connectivity index (χ0n) is 54.9. The molecule has 3 unspecified atom stereocenters. The van der Waals surface area contributed by atoms with E-state index < -0.39 is 5.92 Å². The fourth-order valence-corrected chi connectivity index (χ4v) is 22.6. The van der Waals surface area contributed by atoms with Gasteiger partial charge in [0.1, 0.15) is 12.2 Å². The molecular formula is C76H132O4. The standard InChI is InChI=1S/C76H132O4/c1-12-13-14-15-16-17-18-19-20-21-22-23-24-25-26-27-36-58(72(78)80-70-40-31-38-60-42-44-62-66-48-46-64(57(7)35-29-33-55(4)5)74(66,9)52-50-68(62)76(60,70)11)53-71(77)79-69-39-30-37-59-41-43-61-65-47-45-63(56(6)34-28-32-54(2)3)73(65,8)51-49-67(61)75(59,69)10/h27,36,54-70H,12-26,28-35,37-53H2,1-11H3/b36-27+/t56-,57-,58?,59+,60+,61+,62+,63-,64-,65-,66-,67-,68-,69?,70?,73+,74+,75-,76-/m0/s1. The molecule has 80 heavy (non-hydrogen) atoms. The SMILES string of the molecule is CCCCCCCCCCCCCCCC/C=C/C(CC(=O)OC1CCC[C@@H]2CC[C@@H]3[C@@H]4CC[C@@H]([C@@H](C)CCCC(C)C)[C@@]4(C)CC[C@@H]3[C@@]12C)C(=O)OC1CCC[C@@H]2CC[C@@H]3[C@@H]4CC[C@@H]([C@@H](C)CCCC(C)C)[C@@]4(C)CC[C@@H]3[C@@]12C. The van der Waals surface area contributed by atoms with Gasteiger partial charge in [0.15, 0.2) is 0 Å². The summed E-state index contributed by atoms with van der Waals surface area (Å²) in [6.07, 6.45) is 55.7. The smallest absolute Gasteiger partial charge is 0.313 e. The van der Waals surface area contributed by atoms with E-state index in [0.717, 1.165) is 97.7 Å². The van der Waals surface area contributed by atoms with Crippen molar-refractivity contribution in [2.75, 3.05) is 0 Å². The third kappa shape index (κ3) is 14.7. The number of ether oxygens (including phenoxy) is 2. The number of esters is 2. The van der Waals surface area contributed by atoms with E-state index in [2.05, 4.69) is 88.3 Å². The fourth-order valence-electron chi connectivity index (χ4n) is 22.6. The van der Waals surface area contributed by atoms with Gasteiger partial charge in [-0.25, -0.2) is 0 Å². The van der Waals surface area contributed by atoms with Crippen LogP contribution in [0.1, 0.15) is 333 Å². The van der Waals surface area contributed by atoms with E-state index in [1.165, 1.54) is 212 Å². The van der Waals surface area contributed by atoms with Crippen molar-refractivity contribution in [2.45, 2.75) is 345 Å². The van der Waals surface area contributed by atoms with Crippen molar-refractivity contribution in [3.8, 4) is 0 Å². The van der Waals surface area contributed by atoms with Crippen LogP contribution in [0.4, 0.5) is 0 Å². The van der Waals surface area contributed by atoms with Crippen LogP contribution in [-0.2, 0) is 19.1 Å². The van der Waals surface area contributed by atoms with Crippen molar-refractivity contribution < 1.29 is 19.1 Å². The molecule has 0 aromatic rings. The van der Waals surface area contributed by atoms with Gasteiger partial charge in [-0.3, -0.25) is 9.59 Å². The average molecular weight is 1110 g/mol. The first kappa shape index (κ1) is 64.7. The van der Waals surface area contributed by atoms with Gasteiger partial charge < -0.3 is 9.47 Å². The van der Waals surface area contributed by atoms with Crippen molar-refractivity contribution in [1.82, 2.24) is 0 Å². The van der Waals surface area contributed by atoms with Crippen LogP contribution >= 0.6 is 0 Å². The maximum atomic E-state index is 15.2. The van der Waals surface area contributed by atoms with E-state index in [1.807, 2.05) is 0 Å². The molecule has 0 radical (unpaired) electrons. The Morgan fingerprint density at radius 2 is 0.900 bits per heavy atom. The highest BCUT2D eigenvalue weighted by Crippen LogP contribution is 2.71. The molecule has 8 rings (SSSR count). The van der Waals surface area contributed by atoms with Crippen LogP contribution in [0.3, 0.4) is 0 Å². The molecule has 0 aliphatic heterocycles. The minimum atomic E-state index is -0.584. The lowest BCUT2D eigenvalue weighted by Gasteiger charge is -2.62. The Kier molecular flexibility index (Phi) is 24.1. The number of rotatable bonds is 31. The van der Waals surface area contributed by atoms with Crippen molar-refractivity contribution in [3.63, 3.8) is 0 Å². The molecule has 8 aliphatic carbocycles. The monoisotopic (exact) mass is 1110 g/mol. The maximum absolute atomic E-state index is 15.2. The minimum Gasteiger partial charge on any atom is -0.462 e. The molecule has 4 nitrogen and oxygen atoms in total. The van der Waals surface area contributed by atoms with Crippen molar-refractivity contribution >= 4 is 11.9 Å². The zero-order valence-corrected chi connectivity index (χ0v) is 54.9. The summed E-state index contributed by atoms with van der Waals surface area (Å²) in [5.74, 6) is 9.65. The number of hydrogen-bond acceptors (Lipinski definition) is 4. The molecule has 8 saturated carbocycles. The molecule has 0 aromatic carbocycles. The van der Waals surface area contributed by atoms with Crippen LogP contribution in [0.2, 0.25) is 0 Å². The van der Waals surface area contributed by atoms with Crippen LogP contribution in [0.15, 0.2) is 12.2 Å². The van der Waals surface area contributed by atoms with E-state index in [4.69, 9.17) is 9.47 Å². The highest BCUT2D eigenvalue weighted by Gasteiger charge is 2.65. The molecule has 0 amide bonds. The van der Waals surface area contributed by atoms with Gasteiger partial charge in [0, 0.05) is 10.8 Å². The topological polar surface area (TPSA) is 52.6 Å². The van der Waals surface area contributed by atoms with Crippen molar-refractivity contribution in [3.05, 3.63) is 12.2 Å². The second kappa shape index (κ2) is 29.9. The first-order chi connectivity index (χ1) is 38.5. The molecule has 460 valence electrons. The Hall–Kier alpha value is -1.32. The summed E-state index contributed by atoms with van der Waals surface area (Å²) in [4.78, 5) is 30.0. The average Bonchev–Trinajstić information content (AvgIpc) is 4.15. The van der Waals surface area contributed by atoms with Gasteiger partial charge in [-0.05, 0) is 222 Å². The normalized spacial score (nSPS) is 38.7. The van der Waals surface area contributed by atoms with E-state index in [0.29, 0.717) is 34.5 Å². The summed E-state index contributed by atoms with van der Waals surface area (Å²) < 4.78 is 14.1. The van der Waals surface area contributed by atoms with Gasteiger partial charge in [0.25, 0.3) is 0 Å². The van der Waals surface area contributed by atoms with Gasteiger partial charge in [-0.15, -0.1) is 0 Å². The van der Waals surface area contributed by atoms with Gasteiger partial charge in [0.2, 0.25) is 0 Å². The van der Waals surface area contributed by atoms with E-state index in [9.17, 15) is 4.79 Å². The van der Waals surface area contributed by atoms with Gasteiger partial charge >= 0.3 is 11.9 Å². The molecule has 4 heteroatoms. The molecular weight excluding hydrogens is 977 g/mol. The Morgan fingerprint density at radius 1 is 0.463 bits per heavy atom. The number of fused-ring (bicyclic) bond motifs is 10. The quantitative estimate of drug-likeness (QED) is 0.0394. The van der Waals surface area contributed by atoms with E-state index in [1.54, 1.807) is 0 Å². The molecule has 0 spiro atoms. The first-order valence-corrected chi connectivity index (χ1v) is 36.5. The lowest BCUT2D eigenvalue weighted by Crippen LogP contribution is -2.58. The van der Waals surface area contributed by atoms with Gasteiger partial charge in [-0.2, -0.15) is 0 Å². The summed E-state index contributed by atoms with van der Waals surface area (Å²) >= 11 is 0. The van der Waals surface area contributed by atoms with Gasteiger partial charge in [0.05, 0.1) is 12.3 Å². The van der Waals surface area contributed by atoms with Crippen LogP contribution in [0, 0.1) is 110 Å². The maximum Gasteiger partial charge on any atom is 0.313 e. The molecule has 19 atom stereocenters. The summed E-state index contributed by atoms with van der Waals surface area (Å²) in [6.45, 7) is 27.7. The van der Waals surface area contributed by atoms with Crippen LogP contribution in [0.25, 0.3) is 0 Å². The lowest BCUT2D eigenvalue weighted by molar-refractivity contribution is -0.198. The van der Waals surface area contributed by atoms with Crippen molar-refractivity contribution in [2.24, 2.45) is 110 Å². The van der Waals surface area contributed by atoms with Crippen LogP contribution in [0.5, 0.6) is 0 Å². The predicted octanol–water partition coefficient (Wildman–Crippen LogP) is 22.5. The van der Waals surface area contributed by atoms with Crippen LogP contribution < -0.4 is 0 Å². The fraction of sp³-hybridized carbons (Fsp3) is 0.947. The third-order valence-electron chi connectivity index (χ3n) is 27.1. The third-order valence-corrected chi connectivity index (χ3v) is 27.1. The Labute approximate surface area is 496 Å². The molecule has 8 fully saturated rings. The first-order valence-electron chi connectivity index (χ1n) is 36.5. The molecule has 0 bridgehead atoms. The Balaban J connectivity index is 0.918. The molecule has 0 heterocycles. The van der Waals surface area contributed by atoms with Gasteiger partial charge in [-0.1, -0.05) is 210 Å². The number of carbonyl (C=O) groups is 2. The Morgan fingerprint density at radius 3 is 1.35 bits per heavy atom. The van der Waals surface area contributed by atoms with Crippen LogP contribution in [-0.4, -0.2) is 24.1 Å². The molecule has 0 aromatic heterocycles. The van der Waals surface area contributed by atoms with Crippen molar-refractivity contribution in [1.29, 1.82) is 0 Å². The second-order valence-electron chi connectivity index (χ2n) is 32.5.